The van der Waals surface area contributed by atoms with Crippen LogP contribution in [0.1, 0.15) is 29.7 Å². The van der Waals surface area contributed by atoms with E-state index in [1.807, 2.05) is 30.3 Å². The summed E-state index contributed by atoms with van der Waals surface area (Å²) >= 11 is 0. The van der Waals surface area contributed by atoms with Gasteiger partial charge >= 0.3 is 12.2 Å². The number of imide groups is 1. The number of β-amino-alcohol motifs (C(OH)–C–C–N with tert-alkyl or cyclic N) is 1. The molecule has 8 heteroatoms. The highest BCUT2D eigenvalue weighted by atomic mass is 19.4. The molecule has 3 aromatic rings. The summed E-state index contributed by atoms with van der Waals surface area (Å²) in [6, 6.07) is 16.6. The van der Waals surface area contributed by atoms with Gasteiger partial charge in [0.15, 0.2) is 0 Å². The van der Waals surface area contributed by atoms with Crippen molar-refractivity contribution in [1.82, 2.24) is 10.2 Å². The van der Waals surface area contributed by atoms with Gasteiger partial charge in [-0.05, 0) is 41.0 Å². The van der Waals surface area contributed by atoms with E-state index in [9.17, 15) is 27.9 Å². The zero-order valence-electron chi connectivity index (χ0n) is 16.5. The molecule has 0 spiro atoms. The normalized spacial score (nSPS) is 20.2. The number of hydrogen-bond acceptors (Lipinski definition) is 3. The molecule has 2 atom stereocenters. The van der Waals surface area contributed by atoms with Crippen molar-refractivity contribution in [1.29, 1.82) is 0 Å². The smallest absolute Gasteiger partial charge is 0.387 e. The molecule has 2 N–H and O–H groups in total. The van der Waals surface area contributed by atoms with Crippen LogP contribution in [0, 0.1) is 0 Å². The Morgan fingerprint density at radius 3 is 2.35 bits per heavy atom. The number of carbonyl (C=O) groups is 2. The standard InChI is InChI=1S/C23H19F3N2O3/c1-22(16-11-10-14-6-2-3-7-15(14)12-16)20(30)28(21(31)27-22)13-19(29)17-8-4-5-9-18(17)23(24,25)26/h2-12,19,29H,13H2,1H3,(H,27,31)/t19-,22-/m0/s1. The number of amides is 3. The average Bonchev–Trinajstić information content (AvgIpc) is 2.96. The maximum atomic E-state index is 13.3. The summed E-state index contributed by atoms with van der Waals surface area (Å²) in [5.74, 6) is -0.642. The third-order valence-electron chi connectivity index (χ3n) is 5.58. The lowest BCUT2D eigenvalue weighted by molar-refractivity contribution is -0.139. The van der Waals surface area contributed by atoms with Gasteiger partial charge in [0, 0.05) is 0 Å². The van der Waals surface area contributed by atoms with Gasteiger partial charge in [-0.25, -0.2) is 4.79 Å². The molecule has 0 aromatic heterocycles. The zero-order valence-corrected chi connectivity index (χ0v) is 16.5. The predicted molar refractivity (Wildman–Crippen MR) is 108 cm³/mol. The number of nitrogens with one attached hydrogen (secondary N) is 1. The number of rotatable bonds is 4. The topological polar surface area (TPSA) is 69.6 Å². The fraction of sp³-hybridized carbons (Fsp3) is 0.217. The quantitative estimate of drug-likeness (QED) is 0.607. The summed E-state index contributed by atoms with van der Waals surface area (Å²) in [4.78, 5) is 26.4. The number of aliphatic hydroxyl groups is 1. The first-order valence-corrected chi connectivity index (χ1v) is 9.59. The zero-order chi connectivity index (χ0) is 22.4. The summed E-state index contributed by atoms with van der Waals surface area (Å²) in [5.41, 5.74) is -2.26. The third kappa shape index (κ3) is 3.63. The number of halogens is 3. The molecule has 31 heavy (non-hydrogen) atoms. The molecule has 4 rings (SSSR count). The van der Waals surface area contributed by atoms with E-state index in [1.165, 1.54) is 19.1 Å². The number of carbonyl (C=O) groups excluding carboxylic acids is 2. The van der Waals surface area contributed by atoms with Crippen LogP contribution in [0.25, 0.3) is 10.8 Å². The molecule has 0 bridgehead atoms. The number of urea groups is 1. The van der Waals surface area contributed by atoms with Crippen LogP contribution in [-0.4, -0.2) is 28.5 Å². The molecule has 0 aliphatic carbocycles. The van der Waals surface area contributed by atoms with E-state index in [1.54, 1.807) is 12.1 Å². The van der Waals surface area contributed by atoms with Crippen molar-refractivity contribution < 1.29 is 27.9 Å². The lowest BCUT2D eigenvalue weighted by atomic mass is 9.90. The summed E-state index contributed by atoms with van der Waals surface area (Å²) in [6.07, 6.45) is -6.36. The molecule has 0 unspecified atom stereocenters. The lowest BCUT2D eigenvalue weighted by Gasteiger charge is -2.24. The Bertz CT molecular complexity index is 1180. The van der Waals surface area contributed by atoms with E-state index in [2.05, 4.69) is 5.32 Å². The van der Waals surface area contributed by atoms with Gasteiger partial charge < -0.3 is 10.4 Å². The predicted octanol–water partition coefficient (Wildman–Crippen LogP) is 4.36. The monoisotopic (exact) mass is 428 g/mol. The van der Waals surface area contributed by atoms with Crippen LogP contribution in [0.3, 0.4) is 0 Å². The van der Waals surface area contributed by atoms with Gasteiger partial charge in [-0.1, -0.05) is 54.6 Å². The van der Waals surface area contributed by atoms with Crippen molar-refractivity contribution in [2.45, 2.75) is 24.7 Å². The molecule has 0 radical (unpaired) electrons. The molecule has 1 aliphatic rings. The second kappa shape index (κ2) is 7.39. The molecular weight excluding hydrogens is 409 g/mol. The molecule has 3 aromatic carbocycles. The van der Waals surface area contributed by atoms with E-state index < -0.39 is 47.4 Å². The van der Waals surface area contributed by atoms with Gasteiger partial charge in [0.2, 0.25) is 0 Å². The van der Waals surface area contributed by atoms with Crippen molar-refractivity contribution in [2.75, 3.05) is 6.54 Å². The number of benzene rings is 3. The van der Waals surface area contributed by atoms with Crippen LogP contribution < -0.4 is 5.32 Å². The van der Waals surface area contributed by atoms with E-state index >= 15 is 0 Å². The van der Waals surface area contributed by atoms with Gasteiger partial charge in [0.05, 0.1) is 18.2 Å². The van der Waals surface area contributed by atoms with Crippen molar-refractivity contribution in [3.63, 3.8) is 0 Å². The van der Waals surface area contributed by atoms with E-state index in [-0.39, 0.29) is 0 Å². The molecule has 1 fully saturated rings. The highest BCUT2D eigenvalue weighted by molar-refractivity contribution is 6.07. The molecule has 1 heterocycles. The Kier molecular flexibility index (Phi) is 4.97. The largest absolute Gasteiger partial charge is 0.416 e. The number of alkyl halides is 3. The van der Waals surface area contributed by atoms with Crippen molar-refractivity contribution >= 4 is 22.7 Å². The summed E-state index contributed by atoms with van der Waals surface area (Å²) in [7, 11) is 0. The minimum atomic E-state index is -4.67. The van der Waals surface area contributed by atoms with Gasteiger partial charge in [-0.15, -0.1) is 0 Å². The second-order valence-electron chi connectivity index (χ2n) is 7.63. The SMILES string of the molecule is C[C@@]1(c2ccc3ccccc3c2)NC(=O)N(C[C@H](O)c2ccccc2C(F)(F)F)C1=O. The van der Waals surface area contributed by atoms with Crippen molar-refractivity contribution in [3.05, 3.63) is 83.4 Å². The fourth-order valence-corrected chi connectivity index (χ4v) is 3.88. The van der Waals surface area contributed by atoms with Gasteiger partial charge in [-0.2, -0.15) is 13.2 Å². The molecule has 1 aliphatic heterocycles. The number of fused-ring (bicyclic) bond motifs is 1. The maximum absolute atomic E-state index is 13.3. The van der Waals surface area contributed by atoms with Crippen LogP contribution in [-0.2, 0) is 16.5 Å². The number of nitrogens with zero attached hydrogens (tertiary/aromatic N) is 1. The van der Waals surface area contributed by atoms with E-state index in [4.69, 9.17) is 0 Å². The summed E-state index contributed by atoms with van der Waals surface area (Å²) in [5, 5.41) is 14.9. The molecule has 160 valence electrons. The highest BCUT2D eigenvalue weighted by Gasteiger charge is 2.49. The van der Waals surface area contributed by atoms with Gasteiger partial charge in [0.25, 0.3) is 5.91 Å². The summed E-state index contributed by atoms with van der Waals surface area (Å²) in [6.45, 7) is 0.939. The Balaban J connectivity index is 1.63. The van der Waals surface area contributed by atoms with Crippen molar-refractivity contribution in [3.8, 4) is 0 Å². The Morgan fingerprint density at radius 1 is 1.00 bits per heavy atom. The van der Waals surface area contributed by atoms with Crippen LogP contribution in [0.4, 0.5) is 18.0 Å². The van der Waals surface area contributed by atoms with Gasteiger partial charge in [-0.3, -0.25) is 9.69 Å². The highest BCUT2D eigenvalue weighted by Crippen LogP contribution is 2.36. The van der Waals surface area contributed by atoms with E-state index in [0.29, 0.717) is 5.56 Å². The average molecular weight is 428 g/mol. The van der Waals surface area contributed by atoms with Crippen LogP contribution in [0.5, 0.6) is 0 Å². The molecular formula is C23H19F3N2O3. The first kappa shape index (κ1) is 20.9. The molecule has 5 nitrogen and oxygen atoms in total. The lowest BCUT2D eigenvalue weighted by Crippen LogP contribution is -2.41. The van der Waals surface area contributed by atoms with Crippen molar-refractivity contribution in [2.24, 2.45) is 0 Å². The van der Waals surface area contributed by atoms with Crippen LogP contribution in [0.2, 0.25) is 0 Å². The fourth-order valence-electron chi connectivity index (χ4n) is 3.88. The Hall–Kier alpha value is -3.39. The minimum absolute atomic E-state index is 0.394. The molecule has 0 saturated carbocycles. The van der Waals surface area contributed by atoms with Crippen LogP contribution in [0.15, 0.2) is 66.7 Å². The Morgan fingerprint density at radius 2 is 1.65 bits per heavy atom. The molecule has 1 saturated heterocycles. The maximum Gasteiger partial charge on any atom is 0.416 e. The first-order valence-electron chi connectivity index (χ1n) is 9.59. The minimum Gasteiger partial charge on any atom is -0.387 e. The molecule has 3 amide bonds. The van der Waals surface area contributed by atoms with E-state index in [0.717, 1.165) is 27.8 Å². The Labute approximate surface area is 176 Å². The number of aliphatic hydroxyl groups excluding tert-OH is 1. The third-order valence-corrected chi connectivity index (χ3v) is 5.58. The van der Waals surface area contributed by atoms with Crippen LogP contribution >= 0.6 is 0 Å². The summed E-state index contributed by atoms with van der Waals surface area (Å²) < 4.78 is 39.8. The van der Waals surface area contributed by atoms with Gasteiger partial charge in [0.1, 0.15) is 5.54 Å². The first-order chi connectivity index (χ1) is 14.6. The second-order valence-corrected chi connectivity index (χ2v) is 7.63. The number of hydrogen-bond donors (Lipinski definition) is 2.